The maximum atomic E-state index is 12.0. The summed E-state index contributed by atoms with van der Waals surface area (Å²) in [6.45, 7) is 0. The lowest BCUT2D eigenvalue weighted by Crippen LogP contribution is -2.57. The molecule has 0 spiro atoms. The number of sulfonamides is 1. The van der Waals surface area contributed by atoms with Crippen LogP contribution in [0, 0.1) is 5.41 Å². The van der Waals surface area contributed by atoms with E-state index in [9.17, 15) is 16.8 Å². The normalized spacial score (nSPS) is 20.2. The van der Waals surface area contributed by atoms with Crippen molar-refractivity contribution >= 4 is 25.7 Å². The molecule has 4 N–H and O–H groups in total. The van der Waals surface area contributed by atoms with Gasteiger partial charge in [0.15, 0.2) is 0 Å². The molecule has 118 valence electrons. The summed E-state index contributed by atoms with van der Waals surface area (Å²) in [4.78, 5) is 0. The SMILES string of the molecule is CS(=O)(=O)CCS(=O)(=O)NC1(C(=N)N)CCCCCC1. The average Bonchev–Trinajstić information content (AvgIpc) is 2.52. The second-order valence-corrected chi connectivity index (χ2v) is 9.56. The molecule has 0 saturated heterocycles. The Balaban J connectivity index is 2.86. The van der Waals surface area contributed by atoms with Gasteiger partial charge in [-0.05, 0) is 12.8 Å². The van der Waals surface area contributed by atoms with Gasteiger partial charge in [-0.25, -0.2) is 21.6 Å². The van der Waals surface area contributed by atoms with Gasteiger partial charge in [-0.2, -0.15) is 0 Å². The molecule has 0 aromatic heterocycles. The Morgan fingerprint density at radius 1 is 1.10 bits per heavy atom. The van der Waals surface area contributed by atoms with Crippen molar-refractivity contribution in [3.63, 3.8) is 0 Å². The van der Waals surface area contributed by atoms with E-state index in [2.05, 4.69) is 4.72 Å². The predicted octanol–water partition coefficient (Wildman–Crippen LogP) is -0.0206. The third-order valence-corrected chi connectivity index (χ3v) is 6.19. The summed E-state index contributed by atoms with van der Waals surface area (Å²) in [5, 5.41) is 7.70. The Morgan fingerprint density at radius 2 is 1.60 bits per heavy atom. The quantitative estimate of drug-likeness (QED) is 0.359. The monoisotopic (exact) mass is 325 g/mol. The van der Waals surface area contributed by atoms with Crippen molar-refractivity contribution in [2.45, 2.75) is 44.1 Å². The van der Waals surface area contributed by atoms with E-state index in [1.54, 1.807) is 0 Å². The van der Waals surface area contributed by atoms with Gasteiger partial charge in [0.2, 0.25) is 10.0 Å². The summed E-state index contributed by atoms with van der Waals surface area (Å²) >= 11 is 0. The zero-order chi connectivity index (χ0) is 15.4. The van der Waals surface area contributed by atoms with Gasteiger partial charge in [-0.1, -0.05) is 25.7 Å². The lowest BCUT2D eigenvalue weighted by molar-refractivity contribution is 0.434. The molecule has 0 atom stereocenters. The molecule has 0 heterocycles. The van der Waals surface area contributed by atoms with E-state index < -0.39 is 36.9 Å². The third-order valence-electron chi connectivity index (χ3n) is 3.55. The fourth-order valence-electron chi connectivity index (χ4n) is 2.37. The Labute approximate surface area is 120 Å². The lowest BCUT2D eigenvalue weighted by Gasteiger charge is -2.32. The minimum Gasteiger partial charge on any atom is -0.386 e. The van der Waals surface area contributed by atoms with Crippen molar-refractivity contribution in [1.82, 2.24) is 4.72 Å². The summed E-state index contributed by atoms with van der Waals surface area (Å²) in [5.41, 5.74) is 4.55. The number of hydrogen-bond acceptors (Lipinski definition) is 5. The molecule has 1 rings (SSSR count). The molecule has 0 unspecified atom stereocenters. The third kappa shape index (κ3) is 5.37. The highest BCUT2D eigenvalue weighted by Gasteiger charge is 2.38. The molecule has 0 radical (unpaired) electrons. The molecule has 1 saturated carbocycles. The van der Waals surface area contributed by atoms with Crippen LogP contribution >= 0.6 is 0 Å². The maximum absolute atomic E-state index is 12.0. The van der Waals surface area contributed by atoms with Crippen molar-refractivity contribution in [2.24, 2.45) is 5.73 Å². The van der Waals surface area contributed by atoms with Crippen molar-refractivity contribution < 1.29 is 16.8 Å². The van der Waals surface area contributed by atoms with E-state index in [1.807, 2.05) is 0 Å². The zero-order valence-electron chi connectivity index (χ0n) is 11.7. The first kappa shape index (κ1) is 17.4. The largest absolute Gasteiger partial charge is 0.386 e. The van der Waals surface area contributed by atoms with Gasteiger partial charge in [0, 0.05) is 6.26 Å². The van der Waals surface area contributed by atoms with Gasteiger partial charge < -0.3 is 5.73 Å². The Bertz CT molecular complexity index is 546. The molecule has 0 aromatic rings. The molecule has 0 aliphatic heterocycles. The van der Waals surface area contributed by atoms with E-state index >= 15 is 0 Å². The van der Waals surface area contributed by atoms with Crippen LogP contribution in [0.3, 0.4) is 0 Å². The average molecular weight is 325 g/mol. The van der Waals surface area contributed by atoms with Crippen LogP contribution in [-0.4, -0.2) is 46.0 Å². The minimum atomic E-state index is -3.78. The highest BCUT2D eigenvalue weighted by Crippen LogP contribution is 2.27. The Hall–Kier alpha value is -0.670. The molecule has 0 amide bonds. The Kier molecular flexibility index (Phi) is 5.56. The fourth-order valence-corrected chi connectivity index (χ4v) is 5.47. The molecule has 0 bridgehead atoms. The standard InChI is InChI=1S/C11H23N3O4S2/c1-19(15,16)8-9-20(17,18)14-11(10(12)13)6-4-2-3-5-7-11/h14H,2-9H2,1H3,(H3,12,13). The van der Waals surface area contributed by atoms with Crippen molar-refractivity contribution in [1.29, 1.82) is 5.41 Å². The maximum Gasteiger partial charge on any atom is 0.213 e. The number of rotatable bonds is 6. The molecule has 1 fully saturated rings. The van der Waals surface area contributed by atoms with E-state index in [0.29, 0.717) is 12.8 Å². The smallest absolute Gasteiger partial charge is 0.213 e. The van der Waals surface area contributed by atoms with Crippen molar-refractivity contribution in [2.75, 3.05) is 17.8 Å². The fraction of sp³-hybridized carbons (Fsp3) is 0.909. The lowest BCUT2D eigenvalue weighted by atomic mass is 9.90. The van der Waals surface area contributed by atoms with Gasteiger partial charge in [0.1, 0.15) is 15.7 Å². The highest BCUT2D eigenvalue weighted by atomic mass is 32.2. The van der Waals surface area contributed by atoms with E-state index in [1.165, 1.54) is 0 Å². The van der Waals surface area contributed by atoms with Gasteiger partial charge in [0.05, 0.1) is 17.0 Å². The van der Waals surface area contributed by atoms with E-state index in [-0.39, 0.29) is 5.84 Å². The summed E-state index contributed by atoms with van der Waals surface area (Å²) in [5.74, 6) is -1.13. The topological polar surface area (TPSA) is 130 Å². The summed E-state index contributed by atoms with van der Waals surface area (Å²) < 4.78 is 48.7. The van der Waals surface area contributed by atoms with Crippen LogP contribution in [0.4, 0.5) is 0 Å². The molecular formula is C11H23N3O4S2. The van der Waals surface area contributed by atoms with Gasteiger partial charge >= 0.3 is 0 Å². The van der Waals surface area contributed by atoms with E-state index in [4.69, 9.17) is 11.1 Å². The minimum absolute atomic E-state index is 0.192. The van der Waals surface area contributed by atoms with Gasteiger partial charge in [-0.15, -0.1) is 0 Å². The summed E-state index contributed by atoms with van der Waals surface area (Å²) in [7, 11) is -7.13. The van der Waals surface area contributed by atoms with Crippen LogP contribution in [0.15, 0.2) is 0 Å². The van der Waals surface area contributed by atoms with Crippen LogP contribution < -0.4 is 10.5 Å². The zero-order valence-corrected chi connectivity index (χ0v) is 13.3. The summed E-state index contributed by atoms with van der Waals surface area (Å²) in [6, 6.07) is 0. The predicted molar refractivity (Wildman–Crippen MR) is 79.0 cm³/mol. The first-order chi connectivity index (χ1) is 9.06. The molecule has 1 aliphatic rings. The number of hydrogen-bond donors (Lipinski definition) is 3. The summed E-state index contributed by atoms with van der Waals surface area (Å²) in [6.07, 6.45) is 5.54. The second-order valence-electron chi connectivity index (χ2n) is 5.46. The Morgan fingerprint density at radius 3 is 2.00 bits per heavy atom. The number of amidine groups is 1. The first-order valence-electron chi connectivity index (χ1n) is 6.60. The molecule has 0 aromatic carbocycles. The molecule has 20 heavy (non-hydrogen) atoms. The number of nitrogens with one attached hydrogen (secondary N) is 2. The highest BCUT2D eigenvalue weighted by molar-refractivity contribution is 7.93. The molecular weight excluding hydrogens is 302 g/mol. The van der Waals surface area contributed by atoms with Crippen LogP contribution in [0.5, 0.6) is 0 Å². The van der Waals surface area contributed by atoms with Crippen molar-refractivity contribution in [3.05, 3.63) is 0 Å². The van der Waals surface area contributed by atoms with Crippen LogP contribution in [-0.2, 0) is 19.9 Å². The molecule has 1 aliphatic carbocycles. The van der Waals surface area contributed by atoms with Gasteiger partial charge in [-0.3, -0.25) is 5.41 Å². The van der Waals surface area contributed by atoms with Crippen molar-refractivity contribution in [3.8, 4) is 0 Å². The van der Waals surface area contributed by atoms with Crippen LogP contribution in [0.1, 0.15) is 38.5 Å². The molecule has 9 heteroatoms. The number of sulfone groups is 1. The van der Waals surface area contributed by atoms with Gasteiger partial charge in [0.25, 0.3) is 0 Å². The second kappa shape index (κ2) is 6.40. The van der Waals surface area contributed by atoms with Crippen LogP contribution in [0.25, 0.3) is 0 Å². The first-order valence-corrected chi connectivity index (χ1v) is 10.3. The van der Waals surface area contributed by atoms with Crippen LogP contribution in [0.2, 0.25) is 0 Å². The van der Waals surface area contributed by atoms with E-state index in [0.717, 1.165) is 31.9 Å². The number of nitrogens with two attached hydrogens (primary N) is 1. The molecule has 7 nitrogen and oxygen atoms in total.